The summed E-state index contributed by atoms with van der Waals surface area (Å²) in [4.78, 5) is 24.3. The lowest BCUT2D eigenvalue weighted by Gasteiger charge is -2.08. The molecule has 1 aromatic rings. The van der Waals surface area contributed by atoms with Crippen molar-refractivity contribution in [3.63, 3.8) is 0 Å². The van der Waals surface area contributed by atoms with Crippen LogP contribution in [0.3, 0.4) is 0 Å². The van der Waals surface area contributed by atoms with Gasteiger partial charge in [0.05, 0.1) is 22.8 Å². The van der Waals surface area contributed by atoms with Gasteiger partial charge in [-0.3, -0.25) is 9.59 Å². The lowest BCUT2D eigenvalue weighted by Crippen LogP contribution is -2.14. The molecule has 22 heavy (non-hydrogen) atoms. The molecule has 0 bridgehead atoms. The second-order valence-electron chi connectivity index (χ2n) is 4.51. The number of ether oxygens (including phenoxy) is 1. The minimum Gasteiger partial charge on any atom is -0.501 e. The molecule has 0 heterocycles. The summed E-state index contributed by atoms with van der Waals surface area (Å²) in [5, 5.41) is -0.0285. The quantitative estimate of drug-likeness (QED) is 0.250. The number of Topliss-reactive ketones (excluding diaryl/α,β-unsaturated/α-hetero) is 2. The van der Waals surface area contributed by atoms with Gasteiger partial charge in [-0.2, -0.15) is 0 Å². The third-order valence-electron chi connectivity index (χ3n) is 2.85. The SMILES string of the molecule is CCO/C=C(/C(=O)CC)C(=O)c1ccc(S(C)(=O)=O)cc1Cl. The standard InChI is InChI=1S/C15H17ClO5S/c1-4-14(17)12(9-21-5-2)15(18)11-7-6-10(8-13(11)16)22(3,19)20/h6-9H,4-5H2,1-3H3/b12-9-. The minimum absolute atomic E-state index is 0.00575. The highest BCUT2D eigenvalue weighted by atomic mass is 35.5. The van der Waals surface area contributed by atoms with Crippen molar-refractivity contribution < 1.29 is 22.7 Å². The zero-order chi connectivity index (χ0) is 16.9. The maximum Gasteiger partial charge on any atom is 0.201 e. The molecule has 0 amide bonds. The van der Waals surface area contributed by atoms with Gasteiger partial charge in [-0.25, -0.2) is 8.42 Å². The number of sulfone groups is 1. The number of allylic oxidation sites excluding steroid dienone is 1. The van der Waals surface area contributed by atoms with Crippen LogP contribution in [0, 0.1) is 0 Å². The van der Waals surface area contributed by atoms with Crippen molar-refractivity contribution in [1.82, 2.24) is 0 Å². The zero-order valence-corrected chi connectivity index (χ0v) is 14.1. The van der Waals surface area contributed by atoms with Gasteiger partial charge in [0.1, 0.15) is 5.57 Å². The molecule has 1 aromatic carbocycles. The van der Waals surface area contributed by atoms with Crippen LogP contribution in [0.15, 0.2) is 34.9 Å². The van der Waals surface area contributed by atoms with Gasteiger partial charge in [0.2, 0.25) is 5.78 Å². The third kappa shape index (κ3) is 4.42. The lowest BCUT2D eigenvalue weighted by atomic mass is 10.00. The van der Waals surface area contributed by atoms with E-state index in [2.05, 4.69) is 0 Å². The van der Waals surface area contributed by atoms with Crippen molar-refractivity contribution in [2.24, 2.45) is 0 Å². The molecule has 0 aliphatic heterocycles. The number of rotatable bonds is 7. The highest BCUT2D eigenvalue weighted by Gasteiger charge is 2.22. The van der Waals surface area contributed by atoms with Crippen molar-refractivity contribution in [2.75, 3.05) is 12.9 Å². The van der Waals surface area contributed by atoms with Crippen LogP contribution in [0.1, 0.15) is 30.6 Å². The van der Waals surface area contributed by atoms with E-state index in [1.54, 1.807) is 13.8 Å². The van der Waals surface area contributed by atoms with Crippen molar-refractivity contribution in [1.29, 1.82) is 0 Å². The first kappa shape index (κ1) is 18.4. The van der Waals surface area contributed by atoms with Crippen molar-refractivity contribution >= 4 is 33.0 Å². The fourth-order valence-corrected chi connectivity index (χ4v) is 2.64. The largest absolute Gasteiger partial charge is 0.501 e. The molecule has 0 aromatic heterocycles. The number of carbonyl (C=O) groups excluding carboxylic acids is 2. The second kappa shape index (κ2) is 7.56. The van der Waals surface area contributed by atoms with Gasteiger partial charge in [-0.15, -0.1) is 0 Å². The molecular weight excluding hydrogens is 328 g/mol. The Morgan fingerprint density at radius 2 is 1.91 bits per heavy atom. The molecule has 1 rings (SSSR count). The van der Waals surface area contributed by atoms with E-state index in [0.29, 0.717) is 6.61 Å². The van der Waals surface area contributed by atoms with Crippen LogP contribution in [0.25, 0.3) is 0 Å². The molecule has 0 atom stereocenters. The Hall–Kier alpha value is -1.66. The van der Waals surface area contributed by atoms with Gasteiger partial charge in [-0.05, 0) is 25.1 Å². The minimum atomic E-state index is -3.43. The van der Waals surface area contributed by atoms with Crippen LogP contribution in [-0.2, 0) is 19.4 Å². The summed E-state index contributed by atoms with van der Waals surface area (Å²) in [6, 6.07) is 3.77. The summed E-state index contributed by atoms with van der Waals surface area (Å²) in [6.45, 7) is 3.67. The van der Waals surface area contributed by atoms with E-state index in [4.69, 9.17) is 16.3 Å². The fraction of sp³-hybridized carbons (Fsp3) is 0.333. The monoisotopic (exact) mass is 344 g/mol. The fourth-order valence-electron chi connectivity index (χ4n) is 1.66. The van der Waals surface area contributed by atoms with Crippen LogP contribution < -0.4 is 0 Å². The summed E-state index contributed by atoms with van der Waals surface area (Å²) in [6.07, 6.45) is 2.31. The highest BCUT2D eigenvalue weighted by molar-refractivity contribution is 7.90. The molecule has 0 fully saturated rings. The highest BCUT2D eigenvalue weighted by Crippen LogP contribution is 2.24. The Bertz CT molecular complexity index is 719. The van der Waals surface area contributed by atoms with Crippen molar-refractivity contribution in [3.8, 4) is 0 Å². The van der Waals surface area contributed by atoms with Gasteiger partial charge >= 0.3 is 0 Å². The number of benzene rings is 1. The number of ketones is 2. The summed E-state index contributed by atoms with van der Waals surface area (Å²) < 4.78 is 28.0. The normalized spacial score (nSPS) is 12.1. The van der Waals surface area contributed by atoms with E-state index in [1.165, 1.54) is 18.2 Å². The Kier molecular flexibility index (Phi) is 6.32. The predicted octanol–water partition coefficient (Wildman–Crippen LogP) is 2.83. The van der Waals surface area contributed by atoms with Gasteiger partial charge in [0, 0.05) is 18.2 Å². The summed E-state index contributed by atoms with van der Waals surface area (Å²) in [7, 11) is -3.43. The van der Waals surface area contributed by atoms with Crippen LogP contribution in [0.2, 0.25) is 5.02 Å². The van der Waals surface area contributed by atoms with E-state index >= 15 is 0 Å². The molecule has 7 heteroatoms. The molecule has 120 valence electrons. The molecule has 0 saturated heterocycles. The summed E-state index contributed by atoms with van der Waals surface area (Å²) >= 11 is 5.99. The predicted molar refractivity (Wildman–Crippen MR) is 83.9 cm³/mol. The topological polar surface area (TPSA) is 77.5 Å². The molecule has 0 spiro atoms. The van der Waals surface area contributed by atoms with Crippen LogP contribution >= 0.6 is 11.6 Å². The van der Waals surface area contributed by atoms with Gasteiger partial charge in [0.15, 0.2) is 15.6 Å². The first-order chi connectivity index (χ1) is 10.2. The first-order valence-electron chi connectivity index (χ1n) is 6.61. The number of hydrogen-bond donors (Lipinski definition) is 0. The molecule has 0 saturated carbocycles. The average Bonchev–Trinajstić information content (AvgIpc) is 2.45. The molecular formula is C15H17ClO5S. The van der Waals surface area contributed by atoms with Crippen LogP contribution in [-0.4, -0.2) is 32.8 Å². The van der Waals surface area contributed by atoms with Crippen LogP contribution in [0.4, 0.5) is 0 Å². The number of hydrogen-bond acceptors (Lipinski definition) is 5. The van der Waals surface area contributed by atoms with E-state index in [0.717, 1.165) is 12.5 Å². The zero-order valence-electron chi connectivity index (χ0n) is 12.6. The summed E-state index contributed by atoms with van der Waals surface area (Å²) in [5.41, 5.74) is -0.0554. The number of halogens is 1. The van der Waals surface area contributed by atoms with Crippen LogP contribution in [0.5, 0.6) is 0 Å². The van der Waals surface area contributed by atoms with E-state index < -0.39 is 15.6 Å². The Labute approximate surface area is 134 Å². The van der Waals surface area contributed by atoms with Crippen molar-refractivity contribution in [3.05, 3.63) is 40.6 Å². The van der Waals surface area contributed by atoms with Gasteiger partial charge in [-0.1, -0.05) is 18.5 Å². The van der Waals surface area contributed by atoms with Crippen molar-refractivity contribution in [2.45, 2.75) is 25.2 Å². The third-order valence-corrected chi connectivity index (χ3v) is 4.27. The van der Waals surface area contributed by atoms with Gasteiger partial charge < -0.3 is 4.74 Å². The van der Waals surface area contributed by atoms with E-state index in [-0.39, 0.29) is 33.3 Å². The van der Waals surface area contributed by atoms with E-state index in [1.807, 2.05) is 0 Å². The molecule has 0 aliphatic carbocycles. The Balaban J connectivity index is 3.29. The molecule has 0 radical (unpaired) electrons. The van der Waals surface area contributed by atoms with E-state index in [9.17, 15) is 18.0 Å². The maximum absolute atomic E-state index is 12.4. The number of carbonyl (C=O) groups is 2. The average molecular weight is 345 g/mol. The molecule has 5 nitrogen and oxygen atoms in total. The molecule has 0 N–H and O–H groups in total. The maximum atomic E-state index is 12.4. The molecule has 0 aliphatic rings. The van der Waals surface area contributed by atoms with Gasteiger partial charge in [0.25, 0.3) is 0 Å². The second-order valence-corrected chi connectivity index (χ2v) is 6.93. The Morgan fingerprint density at radius 3 is 2.36 bits per heavy atom. The smallest absolute Gasteiger partial charge is 0.201 e. The molecule has 0 unspecified atom stereocenters. The lowest BCUT2D eigenvalue weighted by molar-refractivity contribution is -0.115. The Morgan fingerprint density at radius 1 is 1.27 bits per heavy atom. The first-order valence-corrected chi connectivity index (χ1v) is 8.88. The summed E-state index contributed by atoms with van der Waals surface area (Å²) in [5.74, 6) is -0.966.